The third-order valence-corrected chi connectivity index (χ3v) is 4.44. The number of carbonyl (C=O) groups is 2. The van der Waals surface area contributed by atoms with E-state index in [-0.39, 0.29) is 25.5 Å². The van der Waals surface area contributed by atoms with Crippen LogP contribution < -0.4 is 10.6 Å². The Bertz CT molecular complexity index is 570. The average Bonchev–Trinajstić information content (AvgIpc) is 2.75. The number of hydrogen-bond donors (Lipinski definition) is 4. The summed E-state index contributed by atoms with van der Waals surface area (Å²) in [5, 5.41) is 18.9. The van der Waals surface area contributed by atoms with Crippen molar-refractivity contribution < 1.29 is 38.0 Å². The van der Waals surface area contributed by atoms with Crippen molar-refractivity contribution in [3.63, 3.8) is 0 Å². The van der Waals surface area contributed by atoms with E-state index in [1.807, 2.05) is 27.7 Å². The van der Waals surface area contributed by atoms with E-state index < -0.39 is 25.2 Å². The highest BCUT2D eigenvalue weighted by atomic mass is 31.2. The van der Waals surface area contributed by atoms with Crippen LogP contribution in [0.4, 0.5) is 0 Å². The van der Waals surface area contributed by atoms with E-state index in [2.05, 4.69) is 25.2 Å². The molecule has 11 nitrogen and oxygen atoms in total. The van der Waals surface area contributed by atoms with Crippen molar-refractivity contribution in [2.75, 3.05) is 33.9 Å². The summed E-state index contributed by atoms with van der Waals surface area (Å²) in [4.78, 5) is 37.5. The fourth-order valence-electron chi connectivity index (χ4n) is 1.80. The number of nitrogens with one attached hydrogen (secondary N) is 2. The lowest BCUT2D eigenvalue weighted by Gasteiger charge is -2.29. The molecule has 31 heavy (non-hydrogen) atoms. The first-order valence-corrected chi connectivity index (χ1v) is 11.8. The molecular formula is C19H42N3O8P. The molecule has 0 spiro atoms. The number of amides is 2. The van der Waals surface area contributed by atoms with Gasteiger partial charge in [0.25, 0.3) is 0 Å². The molecule has 0 aliphatic carbocycles. The second-order valence-electron chi connectivity index (χ2n) is 6.47. The Morgan fingerprint density at radius 2 is 1.58 bits per heavy atom. The molecule has 0 fully saturated rings. The number of carbonyl (C=O) groups excluding carboxylic acids is 2. The maximum Gasteiger partial charge on any atom is 0.471 e. The van der Waals surface area contributed by atoms with Crippen LogP contribution in [0.25, 0.3) is 0 Å². The van der Waals surface area contributed by atoms with Crippen LogP contribution in [0.2, 0.25) is 0 Å². The van der Waals surface area contributed by atoms with Gasteiger partial charge in [0.2, 0.25) is 11.8 Å². The number of phosphoric acid groups is 1. The Morgan fingerprint density at radius 1 is 1.06 bits per heavy atom. The zero-order valence-electron chi connectivity index (χ0n) is 20.4. The SMILES string of the molecule is CC.CC.CO/N=C(\C)CCNC(=O)CCNC(=O)C(O)C(C)(C)COP(=O)(O)OC. The summed E-state index contributed by atoms with van der Waals surface area (Å²) in [7, 11) is -1.76. The zero-order chi connectivity index (χ0) is 25.1. The summed E-state index contributed by atoms with van der Waals surface area (Å²) >= 11 is 0. The minimum Gasteiger partial charge on any atom is -0.399 e. The first-order chi connectivity index (χ1) is 14.4. The molecule has 12 heteroatoms. The molecule has 0 aromatic heterocycles. The minimum absolute atomic E-state index is 0.0281. The van der Waals surface area contributed by atoms with Crippen molar-refractivity contribution in [2.45, 2.75) is 67.4 Å². The third-order valence-electron chi connectivity index (χ3n) is 3.53. The molecule has 2 atom stereocenters. The number of aliphatic hydroxyl groups excluding tert-OH is 1. The highest BCUT2D eigenvalue weighted by molar-refractivity contribution is 7.47. The third kappa shape index (κ3) is 17.8. The molecule has 4 N–H and O–H groups in total. The summed E-state index contributed by atoms with van der Waals surface area (Å²) in [6, 6.07) is 0. The number of hydrogen-bond acceptors (Lipinski definition) is 8. The maximum absolute atomic E-state index is 12.0. The van der Waals surface area contributed by atoms with Crippen molar-refractivity contribution in [1.29, 1.82) is 0 Å². The van der Waals surface area contributed by atoms with Gasteiger partial charge in [0, 0.05) is 38.5 Å². The Labute approximate surface area is 186 Å². The summed E-state index contributed by atoms with van der Waals surface area (Å²) in [6.45, 7) is 12.8. The smallest absolute Gasteiger partial charge is 0.399 e. The predicted octanol–water partition coefficient (Wildman–Crippen LogP) is 2.22. The van der Waals surface area contributed by atoms with Gasteiger partial charge >= 0.3 is 7.82 Å². The topological polar surface area (TPSA) is 156 Å². The van der Waals surface area contributed by atoms with Crippen LogP contribution in [0.3, 0.4) is 0 Å². The molecule has 0 rings (SSSR count). The van der Waals surface area contributed by atoms with Gasteiger partial charge in [-0.15, -0.1) is 0 Å². The van der Waals surface area contributed by atoms with Gasteiger partial charge < -0.3 is 25.5 Å². The fraction of sp³-hybridized carbons (Fsp3) is 0.842. The molecule has 0 radical (unpaired) electrons. The molecule has 0 heterocycles. The van der Waals surface area contributed by atoms with E-state index in [4.69, 9.17) is 4.52 Å². The average molecular weight is 472 g/mol. The molecule has 0 bridgehead atoms. The van der Waals surface area contributed by atoms with Gasteiger partial charge in [0.15, 0.2) is 0 Å². The number of aliphatic hydroxyl groups is 1. The zero-order valence-corrected chi connectivity index (χ0v) is 21.2. The molecular weight excluding hydrogens is 429 g/mol. The van der Waals surface area contributed by atoms with E-state index in [0.717, 1.165) is 12.8 Å². The molecule has 186 valence electrons. The van der Waals surface area contributed by atoms with Gasteiger partial charge in [-0.3, -0.25) is 18.6 Å². The molecule has 0 aliphatic rings. The summed E-state index contributed by atoms with van der Waals surface area (Å²) < 4.78 is 20.3. The van der Waals surface area contributed by atoms with E-state index in [9.17, 15) is 24.2 Å². The lowest BCUT2D eigenvalue weighted by Crippen LogP contribution is -2.46. The largest absolute Gasteiger partial charge is 0.471 e. The second kappa shape index (κ2) is 19.2. The molecule has 0 aliphatic heterocycles. The van der Waals surface area contributed by atoms with Gasteiger partial charge in [-0.05, 0) is 6.92 Å². The van der Waals surface area contributed by atoms with Crippen LogP contribution in [-0.2, 0) is 28.0 Å². The number of nitrogens with zero attached hydrogens (tertiary/aromatic N) is 1. The van der Waals surface area contributed by atoms with E-state index >= 15 is 0 Å². The fourth-order valence-corrected chi connectivity index (χ4v) is 2.40. The monoisotopic (exact) mass is 471 g/mol. The van der Waals surface area contributed by atoms with Gasteiger partial charge in [-0.1, -0.05) is 46.7 Å². The normalized spacial score (nSPS) is 14.0. The van der Waals surface area contributed by atoms with Crippen molar-refractivity contribution in [2.24, 2.45) is 10.6 Å². The highest BCUT2D eigenvalue weighted by Crippen LogP contribution is 2.43. The lowest BCUT2D eigenvalue weighted by molar-refractivity contribution is -0.137. The first kappa shape index (κ1) is 34.1. The maximum atomic E-state index is 12.0. The van der Waals surface area contributed by atoms with Crippen molar-refractivity contribution in [3.8, 4) is 0 Å². The van der Waals surface area contributed by atoms with Crippen LogP contribution >= 0.6 is 7.82 Å². The summed E-state index contributed by atoms with van der Waals surface area (Å²) in [6.07, 6.45) is -0.939. The highest BCUT2D eigenvalue weighted by Gasteiger charge is 2.36. The predicted molar refractivity (Wildman–Crippen MR) is 121 cm³/mol. The molecule has 0 aromatic rings. The Morgan fingerprint density at radius 3 is 2.06 bits per heavy atom. The van der Waals surface area contributed by atoms with Crippen LogP contribution in [0.15, 0.2) is 5.16 Å². The van der Waals surface area contributed by atoms with Crippen LogP contribution in [0.1, 0.15) is 61.3 Å². The van der Waals surface area contributed by atoms with Crippen LogP contribution in [-0.4, -0.2) is 67.5 Å². The number of oxime groups is 1. The molecule has 0 aromatic carbocycles. The number of phosphoric ester groups is 1. The summed E-state index contributed by atoms with van der Waals surface area (Å²) in [5.74, 6) is -0.983. The van der Waals surface area contributed by atoms with Gasteiger partial charge in [0.05, 0.1) is 12.3 Å². The molecule has 2 unspecified atom stereocenters. The molecule has 0 saturated heterocycles. The molecule has 0 saturated carbocycles. The van der Waals surface area contributed by atoms with Crippen molar-refractivity contribution >= 4 is 25.3 Å². The van der Waals surface area contributed by atoms with Crippen LogP contribution in [0, 0.1) is 5.41 Å². The standard InChI is InChI=1S/C15H30N3O8P.2C2H6/c1-11(18-24-4)6-8-16-12(19)7-9-17-14(21)13(20)15(2,3)10-26-27(22,23)25-5;2*1-2/h13,20H,6-10H2,1-5H3,(H,16,19)(H,17,21)(H,22,23);2*1-2H3/b18-11+;;. The van der Waals surface area contributed by atoms with Gasteiger partial charge in [-0.2, -0.15) is 0 Å². The van der Waals surface area contributed by atoms with Gasteiger partial charge in [0.1, 0.15) is 13.2 Å². The van der Waals surface area contributed by atoms with Crippen molar-refractivity contribution in [1.82, 2.24) is 10.6 Å². The second-order valence-corrected chi connectivity index (χ2v) is 8.03. The van der Waals surface area contributed by atoms with Crippen LogP contribution in [0.5, 0.6) is 0 Å². The minimum atomic E-state index is -4.21. The van der Waals surface area contributed by atoms with E-state index in [1.165, 1.54) is 21.0 Å². The van der Waals surface area contributed by atoms with E-state index in [0.29, 0.717) is 13.0 Å². The van der Waals surface area contributed by atoms with Gasteiger partial charge in [-0.25, -0.2) is 4.57 Å². The quantitative estimate of drug-likeness (QED) is 0.181. The van der Waals surface area contributed by atoms with E-state index in [1.54, 1.807) is 6.92 Å². The Balaban J connectivity index is -0.00000184. The van der Waals surface area contributed by atoms with Crippen molar-refractivity contribution in [3.05, 3.63) is 0 Å². The first-order valence-electron chi connectivity index (χ1n) is 10.3. The summed E-state index contributed by atoms with van der Waals surface area (Å²) in [5.41, 5.74) is -0.416. The lowest BCUT2D eigenvalue weighted by atomic mass is 9.87. The Hall–Kier alpha value is -1.52. The Kier molecular flexibility index (Phi) is 21.1. The number of rotatable bonds is 13. The molecule has 2 amide bonds.